The van der Waals surface area contributed by atoms with Crippen LogP contribution in [0.15, 0.2) is 200 Å². The van der Waals surface area contributed by atoms with Crippen LogP contribution in [0.5, 0.6) is 0 Å². The largest absolute Gasteiger partial charge is 0.294 e. The molecule has 0 saturated heterocycles. The highest BCUT2D eigenvalue weighted by Crippen LogP contribution is 2.39. The van der Waals surface area contributed by atoms with Gasteiger partial charge in [-0.1, -0.05) is 170 Å². The molecule has 264 valence electrons. The van der Waals surface area contributed by atoms with Gasteiger partial charge in [0.2, 0.25) is 0 Å². The van der Waals surface area contributed by atoms with E-state index in [1.807, 2.05) is 0 Å². The molecule has 3 nitrogen and oxygen atoms in total. The summed E-state index contributed by atoms with van der Waals surface area (Å²) < 4.78 is 2.29. The van der Waals surface area contributed by atoms with Crippen molar-refractivity contribution in [3.63, 3.8) is 0 Å². The molecule has 12 rings (SSSR count). The predicted octanol–water partition coefficient (Wildman–Crippen LogP) is 14.3. The number of hydrogen-bond acceptors (Lipinski definition) is 2. The molecule has 0 amide bonds. The minimum atomic E-state index is 0.688. The van der Waals surface area contributed by atoms with Gasteiger partial charge in [0.15, 0.2) is 5.82 Å². The second kappa shape index (κ2) is 12.5. The standard InChI is InChI=1S/C54H33N3/c1-2-14-38-36(13-1)31-48(43-19-7-3-15-39(38)43)34-25-27-35(28-26-34)50-33-53(57-51-23-11-9-21-46(51)47-22-10-12-24-52(47)57)56-54(55-50)37-29-30-45-42-18-5-4-16-40(42)41-17-6-8-20-44(41)49(45)32-37/h1-33H. The topological polar surface area (TPSA) is 30.7 Å². The molecule has 0 aliphatic carbocycles. The monoisotopic (exact) mass is 723 g/mol. The summed E-state index contributed by atoms with van der Waals surface area (Å²) in [5.74, 6) is 1.52. The maximum atomic E-state index is 5.40. The van der Waals surface area contributed by atoms with Crippen LogP contribution in [0.3, 0.4) is 0 Å². The first-order valence-electron chi connectivity index (χ1n) is 19.5. The van der Waals surface area contributed by atoms with Gasteiger partial charge in [-0.2, -0.15) is 0 Å². The Labute approximate surface area is 328 Å². The summed E-state index contributed by atoms with van der Waals surface area (Å²) in [4.78, 5) is 10.8. The van der Waals surface area contributed by atoms with Crippen molar-refractivity contribution in [2.45, 2.75) is 0 Å². The Hall–Kier alpha value is -7.62. The second-order valence-electron chi connectivity index (χ2n) is 14.9. The van der Waals surface area contributed by atoms with Crippen molar-refractivity contribution in [3.8, 4) is 39.6 Å². The van der Waals surface area contributed by atoms with Crippen LogP contribution in [0.4, 0.5) is 0 Å². The summed E-state index contributed by atoms with van der Waals surface area (Å²) in [5, 5.41) is 14.8. The fourth-order valence-corrected chi connectivity index (χ4v) is 9.16. The van der Waals surface area contributed by atoms with Crippen molar-refractivity contribution in [2.24, 2.45) is 0 Å². The van der Waals surface area contributed by atoms with E-state index in [-0.39, 0.29) is 0 Å². The van der Waals surface area contributed by atoms with E-state index in [0.29, 0.717) is 5.82 Å². The molecular weight excluding hydrogens is 691 g/mol. The lowest BCUT2D eigenvalue weighted by Gasteiger charge is -2.14. The Bertz CT molecular complexity index is 3490. The molecule has 12 aromatic rings. The third kappa shape index (κ3) is 4.92. The molecule has 2 aromatic heterocycles. The van der Waals surface area contributed by atoms with Crippen LogP contribution in [0.25, 0.3) is 115 Å². The van der Waals surface area contributed by atoms with E-state index in [4.69, 9.17) is 9.97 Å². The van der Waals surface area contributed by atoms with Gasteiger partial charge in [0, 0.05) is 28.0 Å². The Kier molecular flexibility index (Phi) is 6.93. The lowest BCUT2D eigenvalue weighted by atomic mass is 9.92. The molecule has 57 heavy (non-hydrogen) atoms. The number of para-hydroxylation sites is 2. The third-order valence-corrected chi connectivity index (χ3v) is 11.8. The van der Waals surface area contributed by atoms with Crippen molar-refractivity contribution in [3.05, 3.63) is 200 Å². The van der Waals surface area contributed by atoms with Crippen LogP contribution in [0, 0.1) is 0 Å². The molecule has 0 atom stereocenters. The molecule has 0 aliphatic rings. The van der Waals surface area contributed by atoms with E-state index in [1.165, 1.54) is 75.8 Å². The lowest BCUT2D eigenvalue weighted by Crippen LogP contribution is -2.02. The average molecular weight is 724 g/mol. The lowest BCUT2D eigenvalue weighted by molar-refractivity contribution is 1.05. The average Bonchev–Trinajstić information content (AvgIpc) is 3.63. The molecule has 0 aliphatic heterocycles. The van der Waals surface area contributed by atoms with E-state index in [0.717, 1.165) is 33.7 Å². The molecule has 0 N–H and O–H groups in total. The van der Waals surface area contributed by atoms with Gasteiger partial charge >= 0.3 is 0 Å². The van der Waals surface area contributed by atoms with Crippen molar-refractivity contribution in [1.29, 1.82) is 0 Å². The fourth-order valence-electron chi connectivity index (χ4n) is 9.16. The summed E-state index contributed by atoms with van der Waals surface area (Å²) in [7, 11) is 0. The maximum Gasteiger partial charge on any atom is 0.162 e. The van der Waals surface area contributed by atoms with Crippen molar-refractivity contribution in [1.82, 2.24) is 14.5 Å². The number of aromatic nitrogens is 3. The van der Waals surface area contributed by atoms with Crippen LogP contribution < -0.4 is 0 Å². The highest BCUT2D eigenvalue weighted by atomic mass is 15.1. The first-order valence-corrected chi connectivity index (χ1v) is 19.5. The third-order valence-electron chi connectivity index (χ3n) is 11.8. The van der Waals surface area contributed by atoms with Crippen LogP contribution in [0.1, 0.15) is 0 Å². The smallest absolute Gasteiger partial charge is 0.162 e. The Balaban J connectivity index is 1.08. The van der Waals surface area contributed by atoms with Crippen molar-refractivity contribution >= 4 is 75.7 Å². The molecule has 3 heteroatoms. The Morgan fingerprint density at radius 3 is 1.39 bits per heavy atom. The quantitative estimate of drug-likeness (QED) is 0.169. The minimum Gasteiger partial charge on any atom is -0.294 e. The van der Waals surface area contributed by atoms with E-state index < -0.39 is 0 Å². The molecule has 0 saturated carbocycles. The number of nitrogens with zero attached hydrogens (tertiary/aromatic N) is 3. The first kappa shape index (κ1) is 31.7. The zero-order valence-electron chi connectivity index (χ0n) is 30.9. The highest BCUT2D eigenvalue weighted by Gasteiger charge is 2.18. The fraction of sp³-hybridized carbons (Fsp3) is 0. The molecule has 0 fully saturated rings. The van der Waals surface area contributed by atoms with Crippen molar-refractivity contribution < 1.29 is 0 Å². The van der Waals surface area contributed by atoms with Gasteiger partial charge < -0.3 is 0 Å². The molecule has 0 radical (unpaired) electrons. The number of fused-ring (bicyclic) bond motifs is 12. The normalized spacial score (nSPS) is 11.9. The molecule has 2 heterocycles. The Morgan fingerprint density at radius 1 is 0.298 bits per heavy atom. The molecule has 0 bridgehead atoms. The van der Waals surface area contributed by atoms with Gasteiger partial charge in [-0.15, -0.1) is 0 Å². The number of rotatable bonds is 4. The van der Waals surface area contributed by atoms with Crippen LogP contribution in [-0.4, -0.2) is 14.5 Å². The van der Waals surface area contributed by atoms with Gasteiger partial charge in [0.05, 0.1) is 16.7 Å². The van der Waals surface area contributed by atoms with Gasteiger partial charge in [-0.05, 0) is 89.3 Å². The van der Waals surface area contributed by atoms with E-state index in [1.54, 1.807) is 0 Å². The van der Waals surface area contributed by atoms with Crippen LogP contribution in [0.2, 0.25) is 0 Å². The zero-order valence-corrected chi connectivity index (χ0v) is 30.9. The number of benzene rings is 10. The summed E-state index contributed by atoms with van der Waals surface area (Å²) in [6.45, 7) is 0. The highest BCUT2D eigenvalue weighted by molar-refractivity contribution is 6.25. The van der Waals surface area contributed by atoms with E-state index in [2.05, 4.69) is 205 Å². The van der Waals surface area contributed by atoms with Crippen LogP contribution >= 0.6 is 0 Å². The maximum absolute atomic E-state index is 5.40. The zero-order chi connectivity index (χ0) is 37.5. The van der Waals surface area contributed by atoms with Gasteiger partial charge in [-0.3, -0.25) is 4.57 Å². The molecular formula is C54H33N3. The minimum absolute atomic E-state index is 0.688. The van der Waals surface area contributed by atoms with Gasteiger partial charge in [-0.25, -0.2) is 9.97 Å². The second-order valence-corrected chi connectivity index (χ2v) is 14.9. The SMILES string of the molecule is c1ccc2c(c1)cc(-c1ccc(-c3cc(-n4c5ccccc5c5ccccc54)nc(-c4ccc5c6ccccc6c6ccccc6c5c4)n3)cc1)c1ccccc12. The summed E-state index contributed by atoms with van der Waals surface area (Å²) in [6.07, 6.45) is 0. The summed E-state index contributed by atoms with van der Waals surface area (Å²) in [6, 6.07) is 72.1. The van der Waals surface area contributed by atoms with E-state index in [9.17, 15) is 0 Å². The summed E-state index contributed by atoms with van der Waals surface area (Å²) >= 11 is 0. The van der Waals surface area contributed by atoms with Crippen molar-refractivity contribution in [2.75, 3.05) is 0 Å². The van der Waals surface area contributed by atoms with Crippen LogP contribution in [-0.2, 0) is 0 Å². The predicted molar refractivity (Wildman–Crippen MR) is 240 cm³/mol. The molecule has 0 unspecified atom stereocenters. The molecule has 0 spiro atoms. The first-order chi connectivity index (χ1) is 28.3. The number of hydrogen-bond donors (Lipinski definition) is 0. The van der Waals surface area contributed by atoms with Gasteiger partial charge in [0.1, 0.15) is 5.82 Å². The summed E-state index contributed by atoms with van der Waals surface area (Å²) in [5.41, 5.74) is 7.51. The Morgan fingerprint density at radius 2 is 0.754 bits per heavy atom. The van der Waals surface area contributed by atoms with E-state index >= 15 is 0 Å². The molecule has 10 aromatic carbocycles. The van der Waals surface area contributed by atoms with Gasteiger partial charge in [0.25, 0.3) is 0 Å².